The Kier molecular flexibility index (Phi) is 9.00. The number of aryl methyl sites for hydroxylation is 1. The largest absolute Gasteiger partial charge is 0.478 e. The summed E-state index contributed by atoms with van der Waals surface area (Å²) in [6.45, 7) is 1.52. The molecule has 0 aliphatic carbocycles. The van der Waals surface area contributed by atoms with Crippen molar-refractivity contribution in [1.29, 1.82) is 0 Å². The molecule has 0 radical (unpaired) electrons. The van der Waals surface area contributed by atoms with E-state index in [1.54, 1.807) is 0 Å². The molecule has 1 amide bonds. The van der Waals surface area contributed by atoms with Gasteiger partial charge in [0.05, 0.1) is 31.8 Å². The minimum Gasteiger partial charge on any atom is -0.478 e. The monoisotopic (exact) mass is 560 g/mol. The first-order chi connectivity index (χ1) is 18.0. The molecule has 0 aliphatic rings. The molecule has 3 aromatic rings. The van der Waals surface area contributed by atoms with E-state index in [1.807, 2.05) is 0 Å². The van der Waals surface area contributed by atoms with Crippen molar-refractivity contribution in [2.75, 3.05) is 5.32 Å². The fourth-order valence-corrected chi connectivity index (χ4v) is 3.59. The lowest BCUT2D eigenvalue weighted by atomic mass is 10.1. The van der Waals surface area contributed by atoms with Gasteiger partial charge in [0.25, 0.3) is 11.6 Å². The summed E-state index contributed by atoms with van der Waals surface area (Å²) in [6, 6.07) is 14.8. The Labute approximate surface area is 225 Å². The van der Waals surface area contributed by atoms with Crippen LogP contribution in [-0.2, 0) is 19.1 Å². The van der Waals surface area contributed by atoms with Crippen molar-refractivity contribution in [2.45, 2.75) is 19.1 Å². The van der Waals surface area contributed by atoms with E-state index >= 15 is 0 Å². The zero-order chi connectivity index (χ0) is 28.0. The van der Waals surface area contributed by atoms with Crippen molar-refractivity contribution in [3.05, 3.63) is 104 Å². The highest BCUT2D eigenvalue weighted by Crippen LogP contribution is 2.24. The van der Waals surface area contributed by atoms with Gasteiger partial charge in [-0.25, -0.2) is 14.4 Å². The molecule has 0 spiro atoms. The van der Waals surface area contributed by atoms with Crippen LogP contribution in [0.5, 0.6) is 0 Å². The third kappa shape index (κ3) is 6.64. The van der Waals surface area contributed by atoms with Crippen molar-refractivity contribution in [3.63, 3.8) is 0 Å². The molecule has 38 heavy (non-hydrogen) atoms. The van der Waals surface area contributed by atoms with Crippen molar-refractivity contribution in [2.24, 2.45) is 0 Å². The summed E-state index contributed by atoms with van der Waals surface area (Å²) in [5.41, 5.74) is -0.452. The van der Waals surface area contributed by atoms with Gasteiger partial charge in [0.1, 0.15) is 0 Å². The second-order valence-electron chi connectivity index (χ2n) is 7.70. The summed E-state index contributed by atoms with van der Waals surface area (Å²) in [4.78, 5) is 61.4. The Morgan fingerprint density at radius 1 is 0.868 bits per heavy atom. The molecule has 196 valence electrons. The number of halogens is 2. The molecule has 0 heterocycles. The van der Waals surface area contributed by atoms with Gasteiger partial charge in [0, 0.05) is 12.1 Å². The van der Waals surface area contributed by atoms with E-state index in [1.165, 1.54) is 67.6 Å². The highest BCUT2D eigenvalue weighted by Gasteiger charge is 2.41. The minimum atomic E-state index is -2.34. The Bertz CT molecular complexity index is 1430. The van der Waals surface area contributed by atoms with E-state index < -0.39 is 40.9 Å². The molecule has 3 rings (SSSR count). The predicted octanol–water partition coefficient (Wildman–Crippen LogP) is 4.68. The second-order valence-corrected chi connectivity index (χ2v) is 8.51. The number of hydrogen-bond donors (Lipinski definition) is 2. The number of nitrogens with one attached hydrogen (secondary N) is 1. The lowest BCUT2D eigenvalue weighted by molar-refractivity contribution is -0.384. The molecule has 2 atom stereocenters. The van der Waals surface area contributed by atoms with E-state index in [4.69, 9.17) is 32.7 Å². The maximum absolute atomic E-state index is 13.3. The molecule has 2 N–H and O–H groups in total. The smallest absolute Gasteiger partial charge is 0.349 e. The number of benzene rings is 3. The first-order valence-electron chi connectivity index (χ1n) is 10.7. The first-order valence-corrected chi connectivity index (χ1v) is 11.4. The summed E-state index contributed by atoms with van der Waals surface area (Å²) in [7, 11) is 0. The van der Waals surface area contributed by atoms with Gasteiger partial charge in [-0.3, -0.25) is 14.9 Å². The number of carboxylic acid groups (broad SMARTS) is 1. The van der Waals surface area contributed by atoms with Crippen molar-refractivity contribution >= 4 is 58.4 Å². The van der Waals surface area contributed by atoms with Gasteiger partial charge in [0.15, 0.2) is 0 Å². The number of nitro groups is 1. The minimum absolute atomic E-state index is 0.0499. The number of nitrogens with zero attached hydrogens (tertiary/aromatic N) is 1. The average Bonchev–Trinajstić information content (AvgIpc) is 2.87. The Morgan fingerprint density at radius 2 is 1.37 bits per heavy atom. The average molecular weight is 561 g/mol. The zero-order valence-corrected chi connectivity index (χ0v) is 20.9. The van der Waals surface area contributed by atoms with Crippen LogP contribution in [0.25, 0.3) is 0 Å². The SMILES string of the molecule is Cc1ccc([N+](=O)[O-])cc1NC(=O)[C@@H](OC(=O)c1ccccc1Cl)[C@H](OC(=O)c1ccccc1Cl)C(=O)O. The number of carbonyl (C=O) groups excluding carboxylic acids is 3. The number of rotatable bonds is 9. The quantitative estimate of drug-likeness (QED) is 0.215. The van der Waals surface area contributed by atoms with Crippen LogP contribution in [0.15, 0.2) is 66.7 Å². The van der Waals surface area contributed by atoms with E-state index in [9.17, 15) is 34.4 Å². The molecule has 0 saturated heterocycles. The number of carbonyl (C=O) groups is 4. The van der Waals surface area contributed by atoms with E-state index in [-0.39, 0.29) is 32.5 Å². The molecule has 0 fully saturated rings. The van der Waals surface area contributed by atoms with Crippen LogP contribution in [0.1, 0.15) is 26.3 Å². The summed E-state index contributed by atoms with van der Waals surface area (Å²) in [6.07, 6.45) is -4.59. The predicted molar refractivity (Wildman–Crippen MR) is 135 cm³/mol. The van der Waals surface area contributed by atoms with Crippen molar-refractivity contribution in [1.82, 2.24) is 0 Å². The fraction of sp³-hybridized carbons (Fsp3) is 0.120. The summed E-state index contributed by atoms with van der Waals surface area (Å²) >= 11 is 12.0. The number of anilines is 1. The molecule has 0 saturated carbocycles. The maximum Gasteiger partial charge on any atom is 0.349 e. The van der Waals surface area contributed by atoms with Gasteiger partial charge in [-0.15, -0.1) is 0 Å². The number of non-ortho nitro benzene ring substituents is 1. The highest BCUT2D eigenvalue weighted by molar-refractivity contribution is 6.34. The molecule has 3 aromatic carbocycles. The molecule has 11 nitrogen and oxygen atoms in total. The Balaban J connectivity index is 1.99. The lowest BCUT2D eigenvalue weighted by Gasteiger charge is -2.24. The third-order valence-corrected chi connectivity index (χ3v) is 5.78. The maximum atomic E-state index is 13.3. The Morgan fingerprint density at radius 3 is 1.84 bits per heavy atom. The normalized spacial score (nSPS) is 12.1. The standard InChI is InChI=1S/C25H18Cl2N2O9/c1-13-10-11-14(29(35)36)12-19(13)28-22(30)20(37-24(33)15-6-2-4-8-17(15)26)21(23(31)32)38-25(34)16-7-3-5-9-18(16)27/h2-12,20-21H,1H3,(H,28,30)(H,31,32)/t20-,21-/m0/s1. The van der Waals surface area contributed by atoms with Gasteiger partial charge in [-0.05, 0) is 36.8 Å². The van der Waals surface area contributed by atoms with Gasteiger partial charge in [-0.1, -0.05) is 53.5 Å². The topological polar surface area (TPSA) is 162 Å². The molecule has 0 aliphatic heterocycles. The molecular formula is C25H18Cl2N2O9. The van der Waals surface area contributed by atoms with Crippen LogP contribution < -0.4 is 5.32 Å². The first kappa shape index (κ1) is 28.1. The van der Waals surface area contributed by atoms with Crippen LogP contribution in [0, 0.1) is 17.0 Å². The van der Waals surface area contributed by atoms with Crippen molar-refractivity contribution < 1.29 is 38.7 Å². The summed E-state index contributed by atoms with van der Waals surface area (Å²) in [5, 5.41) is 23.2. The van der Waals surface area contributed by atoms with E-state index in [2.05, 4.69) is 5.32 Å². The number of esters is 2. The molecular weight excluding hydrogens is 543 g/mol. The third-order valence-electron chi connectivity index (χ3n) is 5.12. The molecule has 0 bridgehead atoms. The lowest BCUT2D eigenvalue weighted by Crippen LogP contribution is -2.48. The van der Waals surface area contributed by atoms with Crippen LogP contribution in [0.3, 0.4) is 0 Å². The second kappa shape index (κ2) is 12.2. The number of carboxylic acids is 1. The summed E-state index contributed by atoms with van der Waals surface area (Å²) < 4.78 is 10.3. The van der Waals surface area contributed by atoms with Crippen LogP contribution in [-0.4, -0.2) is 46.1 Å². The van der Waals surface area contributed by atoms with Crippen molar-refractivity contribution in [3.8, 4) is 0 Å². The number of aliphatic carboxylic acids is 1. The molecule has 0 unspecified atom stereocenters. The number of nitro benzene ring substituents is 1. The van der Waals surface area contributed by atoms with E-state index in [0.29, 0.717) is 5.56 Å². The molecule has 0 aromatic heterocycles. The number of hydrogen-bond acceptors (Lipinski definition) is 8. The number of ether oxygens (including phenoxy) is 2. The zero-order valence-electron chi connectivity index (χ0n) is 19.4. The van der Waals surface area contributed by atoms with Gasteiger partial charge in [-0.2, -0.15) is 0 Å². The van der Waals surface area contributed by atoms with Gasteiger partial charge >= 0.3 is 17.9 Å². The van der Waals surface area contributed by atoms with Crippen LogP contribution in [0.2, 0.25) is 10.0 Å². The van der Waals surface area contributed by atoms with Crippen LogP contribution in [0.4, 0.5) is 11.4 Å². The Hall–Kier alpha value is -4.48. The van der Waals surface area contributed by atoms with Gasteiger partial charge < -0.3 is 19.9 Å². The van der Waals surface area contributed by atoms with E-state index in [0.717, 1.165) is 6.07 Å². The van der Waals surface area contributed by atoms with Crippen LogP contribution >= 0.6 is 23.2 Å². The number of amides is 1. The highest BCUT2D eigenvalue weighted by atomic mass is 35.5. The summed E-state index contributed by atoms with van der Waals surface area (Å²) in [5.74, 6) is -5.46. The fourth-order valence-electron chi connectivity index (χ4n) is 3.17. The van der Waals surface area contributed by atoms with Gasteiger partial charge in [0.2, 0.25) is 12.2 Å². The molecule has 13 heteroatoms.